The van der Waals surface area contributed by atoms with E-state index >= 15 is 0 Å². The van der Waals surface area contributed by atoms with Gasteiger partial charge in [0, 0.05) is 45.0 Å². The van der Waals surface area contributed by atoms with E-state index in [1.807, 2.05) is 30.8 Å². The maximum atomic E-state index is 4.89. The fraction of sp³-hybridized carbons (Fsp3) is 0.652. The van der Waals surface area contributed by atoms with Crippen molar-refractivity contribution in [2.75, 3.05) is 13.1 Å². The predicted molar refractivity (Wildman–Crippen MR) is 138 cm³/mol. The van der Waals surface area contributed by atoms with Crippen LogP contribution in [0.3, 0.4) is 0 Å². The molecule has 0 radical (unpaired) electrons. The van der Waals surface area contributed by atoms with Crippen LogP contribution in [0.25, 0.3) is 0 Å². The largest absolute Gasteiger partial charge is 0.354 e. The number of likely N-dealkylation sites (tertiary alicyclic amines) is 1. The normalized spacial score (nSPS) is 18.9. The Hall–Kier alpha value is -1.75. The van der Waals surface area contributed by atoms with Gasteiger partial charge in [0.15, 0.2) is 11.8 Å². The topological polar surface area (TPSA) is 83.3 Å². The molecule has 1 saturated carbocycles. The maximum absolute atomic E-state index is 4.89. The second-order valence-corrected chi connectivity index (χ2v) is 8.88. The highest BCUT2D eigenvalue weighted by Crippen LogP contribution is 2.18. The van der Waals surface area contributed by atoms with Crippen molar-refractivity contribution in [3.05, 3.63) is 41.7 Å². The average Bonchev–Trinajstić information content (AvgIpc) is 3.12. The van der Waals surface area contributed by atoms with Crippen LogP contribution in [0.15, 0.2) is 29.4 Å². The molecule has 8 nitrogen and oxygen atoms in total. The fourth-order valence-electron chi connectivity index (χ4n) is 4.46. The van der Waals surface area contributed by atoms with Gasteiger partial charge in [-0.25, -0.2) is 4.99 Å². The van der Waals surface area contributed by atoms with Crippen LogP contribution in [0.1, 0.15) is 62.3 Å². The number of rotatable bonds is 6. The van der Waals surface area contributed by atoms with Crippen molar-refractivity contribution in [3.8, 4) is 0 Å². The van der Waals surface area contributed by atoms with E-state index in [0.717, 1.165) is 55.8 Å². The Balaban J connectivity index is 0.00000289. The summed E-state index contributed by atoms with van der Waals surface area (Å²) in [7, 11) is 2.00. The Morgan fingerprint density at radius 1 is 1.03 bits per heavy atom. The first kappa shape index (κ1) is 24.9. The number of guanidine groups is 1. The van der Waals surface area contributed by atoms with Gasteiger partial charge in [0.25, 0.3) is 0 Å². The highest BCUT2D eigenvalue weighted by molar-refractivity contribution is 14.0. The van der Waals surface area contributed by atoms with Crippen molar-refractivity contribution < 1.29 is 0 Å². The zero-order valence-electron chi connectivity index (χ0n) is 19.3. The Kier molecular flexibility index (Phi) is 9.70. The number of aryl methyl sites for hydroxylation is 1. The standard InChI is InChI=1S/C23H36N8.HI/c1-18-28-29-22(30(18)2)16-25-23(26-19-8-4-3-5-9-19)27-20-11-14-31(15-12-20)17-21-10-6-7-13-24-21;/h6-7,10,13,19-20H,3-5,8-9,11-12,14-17H2,1-2H3,(H2,25,26,27);1H. The molecule has 1 aliphatic heterocycles. The van der Waals surface area contributed by atoms with Crippen LogP contribution in [-0.2, 0) is 20.1 Å². The van der Waals surface area contributed by atoms with E-state index in [1.165, 1.54) is 32.1 Å². The minimum Gasteiger partial charge on any atom is -0.354 e. The third-order valence-corrected chi connectivity index (χ3v) is 6.55. The van der Waals surface area contributed by atoms with Gasteiger partial charge < -0.3 is 15.2 Å². The van der Waals surface area contributed by atoms with Crippen molar-refractivity contribution in [1.82, 2.24) is 35.3 Å². The van der Waals surface area contributed by atoms with Gasteiger partial charge in [0.05, 0.1) is 5.69 Å². The van der Waals surface area contributed by atoms with Gasteiger partial charge in [-0.3, -0.25) is 9.88 Å². The van der Waals surface area contributed by atoms with Crippen LogP contribution >= 0.6 is 24.0 Å². The van der Waals surface area contributed by atoms with E-state index in [9.17, 15) is 0 Å². The van der Waals surface area contributed by atoms with Gasteiger partial charge in [-0.1, -0.05) is 25.3 Å². The molecule has 3 heterocycles. The van der Waals surface area contributed by atoms with Crippen LogP contribution in [0.2, 0.25) is 0 Å². The molecule has 32 heavy (non-hydrogen) atoms. The molecule has 0 amide bonds. The molecule has 2 aromatic rings. The number of nitrogens with zero attached hydrogens (tertiary/aromatic N) is 6. The molecule has 0 bridgehead atoms. The summed E-state index contributed by atoms with van der Waals surface area (Å²) in [6, 6.07) is 7.11. The zero-order chi connectivity index (χ0) is 21.5. The fourth-order valence-corrected chi connectivity index (χ4v) is 4.46. The first-order valence-corrected chi connectivity index (χ1v) is 11.7. The molecule has 2 aromatic heterocycles. The third kappa shape index (κ3) is 7.13. The number of halogens is 1. The Morgan fingerprint density at radius 3 is 2.38 bits per heavy atom. The second-order valence-electron chi connectivity index (χ2n) is 8.88. The van der Waals surface area contributed by atoms with Gasteiger partial charge in [0.1, 0.15) is 12.4 Å². The summed E-state index contributed by atoms with van der Waals surface area (Å²) in [5.41, 5.74) is 1.15. The number of aliphatic imine (C=N–C) groups is 1. The summed E-state index contributed by atoms with van der Waals surface area (Å²) in [5.74, 6) is 2.74. The van der Waals surface area contributed by atoms with Crippen molar-refractivity contribution >= 4 is 29.9 Å². The van der Waals surface area contributed by atoms with Crippen molar-refractivity contribution in [3.63, 3.8) is 0 Å². The Labute approximate surface area is 208 Å². The molecule has 0 unspecified atom stereocenters. The van der Waals surface area contributed by atoms with Crippen LogP contribution < -0.4 is 10.6 Å². The lowest BCUT2D eigenvalue weighted by Crippen LogP contribution is -2.51. The van der Waals surface area contributed by atoms with E-state index in [-0.39, 0.29) is 24.0 Å². The van der Waals surface area contributed by atoms with E-state index in [4.69, 9.17) is 4.99 Å². The van der Waals surface area contributed by atoms with Crippen LogP contribution in [-0.4, -0.2) is 55.8 Å². The zero-order valence-corrected chi connectivity index (χ0v) is 21.7. The lowest BCUT2D eigenvalue weighted by molar-refractivity contribution is 0.196. The number of piperidine rings is 1. The first-order valence-electron chi connectivity index (χ1n) is 11.7. The molecule has 0 aromatic carbocycles. The van der Waals surface area contributed by atoms with Gasteiger partial charge >= 0.3 is 0 Å². The Bertz CT molecular complexity index is 839. The molecule has 2 aliphatic rings. The van der Waals surface area contributed by atoms with Crippen LogP contribution in [0.5, 0.6) is 0 Å². The SMILES string of the molecule is Cc1nnc(CN=C(NC2CCCCC2)NC2CCN(Cc3ccccn3)CC2)n1C.I. The van der Waals surface area contributed by atoms with E-state index in [0.29, 0.717) is 18.6 Å². The van der Waals surface area contributed by atoms with Crippen molar-refractivity contribution in [2.24, 2.45) is 12.0 Å². The third-order valence-electron chi connectivity index (χ3n) is 6.55. The quantitative estimate of drug-likeness (QED) is 0.326. The lowest BCUT2D eigenvalue weighted by atomic mass is 9.95. The predicted octanol–water partition coefficient (Wildman–Crippen LogP) is 3.17. The summed E-state index contributed by atoms with van der Waals surface area (Å²) in [5, 5.41) is 15.9. The molecule has 4 rings (SSSR count). The molecular weight excluding hydrogens is 515 g/mol. The van der Waals surface area contributed by atoms with Gasteiger partial charge in [-0.05, 0) is 44.7 Å². The summed E-state index contributed by atoms with van der Waals surface area (Å²) >= 11 is 0. The summed E-state index contributed by atoms with van der Waals surface area (Å²) in [6.45, 7) is 5.59. The van der Waals surface area contributed by atoms with Crippen molar-refractivity contribution in [1.29, 1.82) is 0 Å². The number of hydrogen-bond donors (Lipinski definition) is 2. The summed E-state index contributed by atoms with van der Waals surface area (Å²) in [6.07, 6.45) is 10.5. The summed E-state index contributed by atoms with van der Waals surface area (Å²) in [4.78, 5) is 11.9. The minimum absolute atomic E-state index is 0. The highest BCUT2D eigenvalue weighted by atomic mass is 127. The first-order chi connectivity index (χ1) is 15.2. The van der Waals surface area contributed by atoms with E-state index in [2.05, 4.69) is 42.8 Å². The number of aromatic nitrogens is 4. The number of hydrogen-bond acceptors (Lipinski definition) is 5. The summed E-state index contributed by atoms with van der Waals surface area (Å²) < 4.78 is 2.01. The molecule has 176 valence electrons. The Morgan fingerprint density at radius 2 is 1.75 bits per heavy atom. The smallest absolute Gasteiger partial charge is 0.192 e. The van der Waals surface area contributed by atoms with Crippen molar-refractivity contribution in [2.45, 2.75) is 77.0 Å². The maximum Gasteiger partial charge on any atom is 0.192 e. The lowest BCUT2D eigenvalue weighted by Gasteiger charge is -2.34. The molecule has 0 atom stereocenters. The monoisotopic (exact) mass is 552 g/mol. The molecule has 1 aliphatic carbocycles. The van der Waals surface area contributed by atoms with Crippen LogP contribution in [0.4, 0.5) is 0 Å². The molecule has 2 N–H and O–H groups in total. The van der Waals surface area contributed by atoms with Gasteiger partial charge in [-0.15, -0.1) is 34.2 Å². The van der Waals surface area contributed by atoms with Crippen LogP contribution in [0, 0.1) is 6.92 Å². The molecule has 1 saturated heterocycles. The second kappa shape index (κ2) is 12.5. The molecule has 0 spiro atoms. The van der Waals surface area contributed by atoms with Gasteiger partial charge in [-0.2, -0.15) is 0 Å². The van der Waals surface area contributed by atoms with E-state index < -0.39 is 0 Å². The van der Waals surface area contributed by atoms with Gasteiger partial charge in [0.2, 0.25) is 0 Å². The highest BCUT2D eigenvalue weighted by Gasteiger charge is 2.22. The molecule has 2 fully saturated rings. The minimum atomic E-state index is 0. The van der Waals surface area contributed by atoms with E-state index in [1.54, 1.807) is 0 Å². The number of pyridine rings is 1. The number of nitrogens with one attached hydrogen (secondary N) is 2. The average molecular weight is 553 g/mol. The molecule has 9 heteroatoms. The molecular formula is C23H37IN8.